The highest BCUT2D eigenvalue weighted by atomic mass is 15.1. The monoisotopic (exact) mass is 245 g/mol. The Bertz CT molecular complexity index is 424. The third-order valence-electron chi connectivity index (χ3n) is 3.87. The second-order valence-electron chi connectivity index (χ2n) is 6.28. The highest BCUT2D eigenvalue weighted by molar-refractivity contribution is 5.21. The van der Waals surface area contributed by atoms with Crippen LogP contribution in [0.1, 0.15) is 43.8 Å². The number of hydrogen-bond donors (Lipinski definition) is 0. The van der Waals surface area contributed by atoms with E-state index in [0.717, 1.165) is 43.6 Å². The molecule has 0 atom stereocenters. The molecular formula is C15H23N3. The van der Waals surface area contributed by atoms with Gasteiger partial charge in [0.05, 0.1) is 5.69 Å². The molecule has 3 heteroatoms. The number of nitrogens with zero attached hydrogens (tertiary/aromatic N) is 3. The van der Waals surface area contributed by atoms with Gasteiger partial charge in [-0.25, -0.2) is 9.97 Å². The van der Waals surface area contributed by atoms with Crippen molar-refractivity contribution in [2.45, 2.75) is 46.1 Å². The summed E-state index contributed by atoms with van der Waals surface area (Å²) in [4.78, 5) is 11.9. The van der Waals surface area contributed by atoms with Crippen LogP contribution < -0.4 is 0 Å². The molecule has 0 saturated heterocycles. The maximum absolute atomic E-state index is 4.80. The number of fused-ring (bicyclic) bond motifs is 1. The van der Waals surface area contributed by atoms with Crippen LogP contribution in [-0.2, 0) is 19.4 Å². The molecule has 1 aromatic heterocycles. The molecule has 1 aliphatic heterocycles. The van der Waals surface area contributed by atoms with Gasteiger partial charge in [0, 0.05) is 32.3 Å². The molecular weight excluding hydrogens is 222 g/mol. The molecule has 1 aromatic rings. The first-order chi connectivity index (χ1) is 8.70. The zero-order valence-electron chi connectivity index (χ0n) is 11.5. The number of aromatic nitrogens is 2. The Labute approximate surface area is 110 Å². The van der Waals surface area contributed by atoms with Crippen LogP contribution >= 0.6 is 0 Å². The molecule has 0 radical (unpaired) electrons. The maximum atomic E-state index is 4.80. The first-order valence-corrected chi connectivity index (χ1v) is 7.26. The van der Waals surface area contributed by atoms with Crippen LogP contribution in [0, 0.1) is 11.8 Å². The molecule has 98 valence electrons. The van der Waals surface area contributed by atoms with Gasteiger partial charge >= 0.3 is 0 Å². The molecule has 18 heavy (non-hydrogen) atoms. The average molecular weight is 245 g/mol. The normalized spacial score (nSPS) is 20.2. The van der Waals surface area contributed by atoms with E-state index in [1.54, 1.807) is 0 Å². The summed E-state index contributed by atoms with van der Waals surface area (Å²) >= 11 is 0. The van der Waals surface area contributed by atoms with Gasteiger partial charge in [0.25, 0.3) is 0 Å². The Balaban J connectivity index is 1.71. The SMILES string of the molecule is CC(C)CN1CCc2cnc(CC3CC3)nc2C1. The summed E-state index contributed by atoms with van der Waals surface area (Å²) in [6.07, 6.45) is 7.04. The van der Waals surface area contributed by atoms with Gasteiger partial charge in [0.15, 0.2) is 0 Å². The minimum atomic E-state index is 0.735. The first-order valence-electron chi connectivity index (χ1n) is 7.26. The second-order valence-corrected chi connectivity index (χ2v) is 6.28. The van der Waals surface area contributed by atoms with Crippen molar-refractivity contribution in [1.29, 1.82) is 0 Å². The molecule has 3 nitrogen and oxygen atoms in total. The molecule has 0 unspecified atom stereocenters. The fraction of sp³-hybridized carbons (Fsp3) is 0.733. The van der Waals surface area contributed by atoms with Gasteiger partial charge in [-0.1, -0.05) is 13.8 Å². The minimum Gasteiger partial charge on any atom is -0.297 e. The van der Waals surface area contributed by atoms with Gasteiger partial charge in [0.2, 0.25) is 0 Å². The highest BCUT2D eigenvalue weighted by Gasteiger charge is 2.24. The lowest BCUT2D eigenvalue weighted by Crippen LogP contribution is -2.34. The zero-order valence-corrected chi connectivity index (χ0v) is 11.5. The lowest BCUT2D eigenvalue weighted by molar-refractivity contribution is 0.222. The van der Waals surface area contributed by atoms with Crippen molar-refractivity contribution in [3.05, 3.63) is 23.3 Å². The van der Waals surface area contributed by atoms with Crippen LogP contribution in [0.5, 0.6) is 0 Å². The van der Waals surface area contributed by atoms with Gasteiger partial charge < -0.3 is 0 Å². The number of rotatable bonds is 4. The van der Waals surface area contributed by atoms with E-state index in [4.69, 9.17) is 4.98 Å². The van der Waals surface area contributed by atoms with Crippen molar-refractivity contribution < 1.29 is 0 Å². The fourth-order valence-electron chi connectivity index (χ4n) is 2.75. The van der Waals surface area contributed by atoms with Crippen molar-refractivity contribution in [1.82, 2.24) is 14.9 Å². The Morgan fingerprint density at radius 1 is 1.39 bits per heavy atom. The molecule has 2 aliphatic rings. The predicted octanol–water partition coefficient (Wildman–Crippen LogP) is 2.44. The molecule has 1 aliphatic carbocycles. The Morgan fingerprint density at radius 3 is 2.94 bits per heavy atom. The Kier molecular flexibility index (Phi) is 3.33. The first kappa shape index (κ1) is 12.1. The standard InChI is InChI=1S/C15H23N3/c1-11(2)9-18-6-5-13-8-16-15(7-12-3-4-12)17-14(13)10-18/h8,11-12H,3-7,9-10H2,1-2H3. The van der Waals surface area contributed by atoms with Crippen LogP contribution in [0.2, 0.25) is 0 Å². The fourth-order valence-corrected chi connectivity index (χ4v) is 2.75. The summed E-state index contributed by atoms with van der Waals surface area (Å²) in [5.74, 6) is 2.68. The van der Waals surface area contributed by atoms with E-state index >= 15 is 0 Å². The summed E-state index contributed by atoms with van der Waals surface area (Å²) in [6.45, 7) is 7.94. The van der Waals surface area contributed by atoms with Crippen LogP contribution in [-0.4, -0.2) is 28.0 Å². The molecule has 0 amide bonds. The van der Waals surface area contributed by atoms with E-state index in [2.05, 4.69) is 29.9 Å². The van der Waals surface area contributed by atoms with Gasteiger partial charge in [-0.05, 0) is 36.7 Å². The molecule has 1 saturated carbocycles. The van der Waals surface area contributed by atoms with E-state index in [-0.39, 0.29) is 0 Å². The maximum Gasteiger partial charge on any atom is 0.128 e. The predicted molar refractivity (Wildman–Crippen MR) is 72.3 cm³/mol. The quantitative estimate of drug-likeness (QED) is 0.816. The topological polar surface area (TPSA) is 29.0 Å². The van der Waals surface area contributed by atoms with E-state index < -0.39 is 0 Å². The highest BCUT2D eigenvalue weighted by Crippen LogP contribution is 2.31. The molecule has 0 aromatic carbocycles. The average Bonchev–Trinajstić information content (AvgIpc) is 3.11. The summed E-state index contributed by atoms with van der Waals surface area (Å²) in [5.41, 5.74) is 2.65. The van der Waals surface area contributed by atoms with Crippen LogP contribution in [0.4, 0.5) is 0 Å². The van der Waals surface area contributed by atoms with Crippen LogP contribution in [0.15, 0.2) is 6.20 Å². The third-order valence-corrected chi connectivity index (χ3v) is 3.87. The second kappa shape index (κ2) is 4.96. The van der Waals surface area contributed by atoms with E-state index in [9.17, 15) is 0 Å². The lowest BCUT2D eigenvalue weighted by atomic mass is 10.1. The third kappa shape index (κ3) is 2.89. The molecule has 1 fully saturated rings. The van der Waals surface area contributed by atoms with Crippen molar-refractivity contribution in [3.8, 4) is 0 Å². The van der Waals surface area contributed by atoms with Gasteiger partial charge in [-0.15, -0.1) is 0 Å². The molecule has 0 spiro atoms. The molecule has 0 N–H and O–H groups in total. The summed E-state index contributed by atoms with van der Waals surface area (Å²) in [5, 5.41) is 0. The zero-order chi connectivity index (χ0) is 12.5. The van der Waals surface area contributed by atoms with Gasteiger partial charge in [-0.2, -0.15) is 0 Å². The smallest absolute Gasteiger partial charge is 0.128 e. The van der Waals surface area contributed by atoms with Crippen molar-refractivity contribution in [2.75, 3.05) is 13.1 Å². The van der Waals surface area contributed by atoms with E-state index in [1.807, 2.05) is 0 Å². The van der Waals surface area contributed by atoms with Crippen LogP contribution in [0.25, 0.3) is 0 Å². The van der Waals surface area contributed by atoms with Crippen molar-refractivity contribution in [2.24, 2.45) is 11.8 Å². The lowest BCUT2D eigenvalue weighted by Gasteiger charge is -2.29. The Morgan fingerprint density at radius 2 is 2.22 bits per heavy atom. The summed E-state index contributed by atoms with van der Waals surface area (Å²) < 4.78 is 0. The van der Waals surface area contributed by atoms with Gasteiger partial charge in [0.1, 0.15) is 5.82 Å². The van der Waals surface area contributed by atoms with Crippen LogP contribution in [0.3, 0.4) is 0 Å². The minimum absolute atomic E-state index is 0.735. The summed E-state index contributed by atoms with van der Waals surface area (Å²) in [6, 6.07) is 0. The number of hydrogen-bond acceptors (Lipinski definition) is 3. The Hall–Kier alpha value is -0.960. The summed E-state index contributed by atoms with van der Waals surface area (Å²) in [7, 11) is 0. The van der Waals surface area contributed by atoms with Crippen molar-refractivity contribution in [3.63, 3.8) is 0 Å². The van der Waals surface area contributed by atoms with E-state index in [0.29, 0.717) is 0 Å². The largest absolute Gasteiger partial charge is 0.297 e. The molecule has 2 heterocycles. The molecule has 3 rings (SSSR count). The molecule has 0 bridgehead atoms. The van der Waals surface area contributed by atoms with Gasteiger partial charge in [-0.3, -0.25) is 4.90 Å². The van der Waals surface area contributed by atoms with Crippen molar-refractivity contribution >= 4 is 0 Å². The van der Waals surface area contributed by atoms with E-state index in [1.165, 1.54) is 30.6 Å².